The fourth-order valence-corrected chi connectivity index (χ4v) is 2.75. The molecule has 1 aromatic heterocycles. The van der Waals surface area contributed by atoms with E-state index in [4.69, 9.17) is 10.9 Å². The standard InChI is InChI=1S/C14H18N4OS/c1-10-11(2)20-14(16-10)18(9-8-13(15)17-19)12-6-4-3-5-7-12/h3-7,19H,8-9H2,1-2H3,(H2,15,17). The minimum absolute atomic E-state index is 0.218. The normalized spacial score (nSPS) is 11.6. The Bertz CT molecular complexity index is 575. The van der Waals surface area contributed by atoms with Gasteiger partial charge in [0.15, 0.2) is 5.13 Å². The number of oxime groups is 1. The van der Waals surface area contributed by atoms with E-state index in [0.717, 1.165) is 16.5 Å². The van der Waals surface area contributed by atoms with Crippen molar-refractivity contribution in [3.8, 4) is 0 Å². The molecule has 106 valence electrons. The molecule has 6 heteroatoms. The fraction of sp³-hybridized carbons (Fsp3) is 0.286. The van der Waals surface area contributed by atoms with Crippen molar-refractivity contribution in [2.75, 3.05) is 11.4 Å². The van der Waals surface area contributed by atoms with Crippen LogP contribution in [0.2, 0.25) is 0 Å². The second-order valence-corrected chi connectivity index (χ2v) is 5.65. The lowest BCUT2D eigenvalue weighted by molar-refractivity contribution is 0.317. The van der Waals surface area contributed by atoms with E-state index in [0.29, 0.717) is 13.0 Å². The molecule has 0 amide bonds. The first-order chi connectivity index (χ1) is 9.61. The summed E-state index contributed by atoms with van der Waals surface area (Å²) in [6.45, 7) is 4.68. The minimum Gasteiger partial charge on any atom is -0.409 e. The highest BCUT2D eigenvalue weighted by Crippen LogP contribution is 2.31. The first kappa shape index (κ1) is 14.3. The Morgan fingerprint density at radius 2 is 2.05 bits per heavy atom. The van der Waals surface area contributed by atoms with Crippen LogP contribution in [-0.2, 0) is 0 Å². The summed E-state index contributed by atoms with van der Waals surface area (Å²) in [5.41, 5.74) is 7.65. The lowest BCUT2D eigenvalue weighted by atomic mass is 10.2. The van der Waals surface area contributed by atoms with Gasteiger partial charge in [0.05, 0.1) is 5.69 Å². The van der Waals surface area contributed by atoms with Crippen molar-refractivity contribution < 1.29 is 5.21 Å². The molecule has 0 fully saturated rings. The van der Waals surface area contributed by atoms with Crippen molar-refractivity contribution in [1.82, 2.24) is 4.98 Å². The van der Waals surface area contributed by atoms with Gasteiger partial charge in [0, 0.05) is 23.5 Å². The molecule has 0 aliphatic heterocycles. The van der Waals surface area contributed by atoms with Crippen LogP contribution in [0.1, 0.15) is 17.0 Å². The number of hydrogen-bond acceptors (Lipinski definition) is 5. The lowest BCUT2D eigenvalue weighted by Crippen LogP contribution is -2.24. The first-order valence-corrected chi connectivity index (χ1v) is 7.16. The SMILES string of the molecule is Cc1nc(N(CCC(N)=NO)c2ccccc2)sc1C. The number of benzene rings is 1. The molecule has 0 atom stereocenters. The minimum atomic E-state index is 0.218. The summed E-state index contributed by atoms with van der Waals surface area (Å²) < 4.78 is 0. The number of nitrogens with zero attached hydrogens (tertiary/aromatic N) is 3. The third-order valence-corrected chi connectivity index (χ3v) is 4.13. The molecule has 0 bridgehead atoms. The number of thiazole rings is 1. The highest BCUT2D eigenvalue weighted by molar-refractivity contribution is 7.15. The van der Waals surface area contributed by atoms with E-state index in [2.05, 4.69) is 22.0 Å². The summed E-state index contributed by atoms with van der Waals surface area (Å²) in [5, 5.41) is 12.6. The first-order valence-electron chi connectivity index (χ1n) is 6.35. The lowest BCUT2D eigenvalue weighted by Gasteiger charge is -2.21. The van der Waals surface area contributed by atoms with E-state index in [1.165, 1.54) is 4.88 Å². The zero-order chi connectivity index (χ0) is 14.5. The maximum Gasteiger partial charge on any atom is 0.190 e. The second kappa shape index (κ2) is 6.38. The summed E-state index contributed by atoms with van der Waals surface area (Å²) in [6.07, 6.45) is 0.475. The molecule has 0 aliphatic carbocycles. The Balaban J connectivity index is 2.29. The van der Waals surface area contributed by atoms with E-state index >= 15 is 0 Å². The number of nitrogens with two attached hydrogens (primary N) is 1. The molecule has 1 heterocycles. The number of para-hydroxylation sites is 1. The molecule has 0 unspecified atom stereocenters. The van der Waals surface area contributed by atoms with Crippen molar-refractivity contribution in [2.45, 2.75) is 20.3 Å². The maximum atomic E-state index is 8.67. The number of anilines is 2. The average molecular weight is 290 g/mol. The van der Waals surface area contributed by atoms with Crippen molar-refractivity contribution in [2.24, 2.45) is 10.9 Å². The quantitative estimate of drug-likeness (QED) is 0.384. The van der Waals surface area contributed by atoms with Crippen LogP contribution < -0.4 is 10.6 Å². The van der Waals surface area contributed by atoms with Crippen LogP contribution in [0, 0.1) is 13.8 Å². The third kappa shape index (κ3) is 3.27. The van der Waals surface area contributed by atoms with Crippen LogP contribution in [0.5, 0.6) is 0 Å². The summed E-state index contributed by atoms with van der Waals surface area (Å²) >= 11 is 1.65. The van der Waals surface area contributed by atoms with Gasteiger partial charge < -0.3 is 15.8 Å². The number of aromatic nitrogens is 1. The number of hydrogen-bond donors (Lipinski definition) is 2. The molecule has 0 spiro atoms. The molecular weight excluding hydrogens is 272 g/mol. The molecule has 5 nitrogen and oxygen atoms in total. The molecule has 2 rings (SSSR count). The van der Waals surface area contributed by atoms with Gasteiger partial charge in [-0.1, -0.05) is 23.4 Å². The Morgan fingerprint density at radius 3 is 2.60 bits per heavy atom. The van der Waals surface area contributed by atoms with E-state index < -0.39 is 0 Å². The van der Waals surface area contributed by atoms with Gasteiger partial charge in [-0.2, -0.15) is 0 Å². The topological polar surface area (TPSA) is 74.7 Å². The van der Waals surface area contributed by atoms with E-state index in [9.17, 15) is 0 Å². The highest BCUT2D eigenvalue weighted by atomic mass is 32.1. The van der Waals surface area contributed by atoms with Crippen molar-refractivity contribution >= 4 is 28.0 Å². The fourth-order valence-electron chi connectivity index (χ4n) is 1.79. The van der Waals surface area contributed by atoms with Gasteiger partial charge in [-0.25, -0.2) is 4.98 Å². The predicted molar refractivity (Wildman–Crippen MR) is 83.1 cm³/mol. The summed E-state index contributed by atoms with van der Waals surface area (Å²) in [4.78, 5) is 7.88. The monoisotopic (exact) mass is 290 g/mol. The Kier molecular flexibility index (Phi) is 4.57. The van der Waals surface area contributed by atoms with Crippen LogP contribution in [0.4, 0.5) is 10.8 Å². The smallest absolute Gasteiger partial charge is 0.190 e. The summed E-state index contributed by atoms with van der Waals surface area (Å²) in [5.74, 6) is 0.218. The molecular formula is C14H18N4OS. The zero-order valence-corrected chi connectivity index (χ0v) is 12.4. The van der Waals surface area contributed by atoms with Crippen LogP contribution in [0.3, 0.4) is 0 Å². The molecule has 0 saturated carbocycles. The third-order valence-electron chi connectivity index (χ3n) is 3.04. The van der Waals surface area contributed by atoms with Crippen molar-refractivity contribution in [1.29, 1.82) is 0 Å². The van der Waals surface area contributed by atoms with Crippen LogP contribution >= 0.6 is 11.3 Å². The molecule has 0 aliphatic rings. The van der Waals surface area contributed by atoms with E-state index in [1.807, 2.05) is 37.3 Å². The largest absolute Gasteiger partial charge is 0.409 e. The zero-order valence-electron chi connectivity index (χ0n) is 11.6. The summed E-state index contributed by atoms with van der Waals surface area (Å²) in [6, 6.07) is 10.00. The summed E-state index contributed by atoms with van der Waals surface area (Å²) in [7, 11) is 0. The highest BCUT2D eigenvalue weighted by Gasteiger charge is 2.14. The van der Waals surface area contributed by atoms with E-state index in [1.54, 1.807) is 11.3 Å². The molecule has 0 saturated heterocycles. The molecule has 20 heavy (non-hydrogen) atoms. The number of amidine groups is 1. The molecule has 2 aromatic rings. The Morgan fingerprint density at radius 1 is 1.35 bits per heavy atom. The number of rotatable bonds is 5. The maximum absolute atomic E-state index is 8.67. The Labute approximate surface area is 122 Å². The predicted octanol–water partition coefficient (Wildman–Crippen LogP) is 3.03. The van der Waals surface area contributed by atoms with Gasteiger partial charge in [-0.05, 0) is 26.0 Å². The molecule has 3 N–H and O–H groups in total. The second-order valence-electron chi connectivity index (χ2n) is 4.47. The van der Waals surface area contributed by atoms with E-state index in [-0.39, 0.29) is 5.84 Å². The van der Waals surface area contributed by atoms with Crippen molar-refractivity contribution in [3.63, 3.8) is 0 Å². The van der Waals surface area contributed by atoms with Crippen LogP contribution in [0.15, 0.2) is 35.5 Å². The Hall–Kier alpha value is -2.08. The average Bonchev–Trinajstić information content (AvgIpc) is 2.79. The van der Waals surface area contributed by atoms with Gasteiger partial charge in [0.2, 0.25) is 0 Å². The van der Waals surface area contributed by atoms with Gasteiger partial charge >= 0.3 is 0 Å². The molecule has 0 radical (unpaired) electrons. The van der Waals surface area contributed by atoms with Gasteiger partial charge in [-0.15, -0.1) is 11.3 Å². The van der Waals surface area contributed by atoms with Gasteiger partial charge in [0.1, 0.15) is 5.84 Å². The van der Waals surface area contributed by atoms with Crippen LogP contribution in [-0.4, -0.2) is 22.6 Å². The van der Waals surface area contributed by atoms with Gasteiger partial charge in [-0.3, -0.25) is 0 Å². The van der Waals surface area contributed by atoms with Crippen molar-refractivity contribution in [3.05, 3.63) is 40.9 Å². The van der Waals surface area contributed by atoms with Crippen LogP contribution in [0.25, 0.3) is 0 Å². The molecule has 1 aromatic carbocycles. The number of aryl methyl sites for hydroxylation is 2. The van der Waals surface area contributed by atoms with Gasteiger partial charge in [0.25, 0.3) is 0 Å².